The summed E-state index contributed by atoms with van der Waals surface area (Å²) in [6, 6.07) is 0. The first-order chi connectivity index (χ1) is 28.7. The molecule has 25 nitrogen and oxygen atoms in total. The molecule has 350 valence electrons. The number of nitrogens with one attached hydrogen (secondary N) is 1. The van der Waals surface area contributed by atoms with Crippen molar-refractivity contribution in [3.8, 4) is 0 Å². The highest BCUT2D eigenvalue weighted by molar-refractivity contribution is 5.94. The summed E-state index contributed by atoms with van der Waals surface area (Å²) in [5.41, 5.74) is 0. The predicted molar refractivity (Wildman–Crippen MR) is 220 cm³/mol. The van der Waals surface area contributed by atoms with Gasteiger partial charge in [0.15, 0.2) is 0 Å². The minimum Gasteiger partial charge on any atom is -0.468 e. The molecule has 0 heterocycles. The predicted octanol–water partition coefficient (Wildman–Crippen LogP) is -6.58. The molecule has 62 heavy (non-hydrogen) atoms. The zero-order chi connectivity index (χ0) is 48.2. The molecule has 0 aromatic carbocycles. The summed E-state index contributed by atoms with van der Waals surface area (Å²) in [6.45, 7) is -4.32. The maximum Gasteiger partial charge on any atom is 0.325 e. The first kappa shape index (κ1) is 55.6. The number of esters is 1. The number of carbonyl (C=O) groups is 12. The number of ether oxygens (including phenoxy) is 1. The lowest BCUT2D eigenvalue weighted by Gasteiger charge is -2.27. The van der Waals surface area contributed by atoms with Crippen LogP contribution in [0.3, 0.4) is 0 Å². The topological polar surface area (TPSA) is 262 Å². The van der Waals surface area contributed by atoms with Crippen LogP contribution in [0, 0.1) is 0 Å². The van der Waals surface area contributed by atoms with Gasteiger partial charge in [0.25, 0.3) is 0 Å². The molecule has 0 bridgehead atoms. The van der Waals surface area contributed by atoms with Gasteiger partial charge >= 0.3 is 5.97 Å². The number of methoxy groups -OCH3 is 1. The fraction of sp³-hybridized carbons (Fsp3) is 0.676. The van der Waals surface area contributed by atoms with Gasteiger partial charge in [0.05, 0.1) is 79.1 Å². The molecular formula is C37H64N12O13. The molecule has 0 aromatic rings. The van der Waals surface area contributed by atoms with E-state index < -0.39 is 111 Å². The van der Waals surface area contributed by atoms with Crippen LogP contribution < -0.4 is 5.32 Å². The van der Waals surface area contributed by atoms with Crippen molar-refractivity contribution in [3.63, 3.8) is 0 Å². The molecule has 0 aromatic heterocycles. The van der Waals surface area contributed by atoms with E-state index in [-0.39, 0.29) is 38.6 Å². The van der Waals surface area contributed by atoms with E-state index in [1.165, 1.54) is 89.5 Å². The van der Waals surface area contributed by atoms with E-state index in [0.29, 0.717) is 0 Å². The number of amides is 11. The van der Waals surface area contributed by atoms with Crippen molar-refractivity contribution in [2.45, 2.75) is 0 Å². The second-order valence-electron chi connectivity index (χ2n) is 14.9. The van der Waals surface area contributed by atoms with Crippen LogP contribution in [0.1, 0.15) is 0 Å². The van der Waals surface area contributed by atoms with Gasteiger partial charge in [-0.25, -0.2) is 0 Å². The summed E-state index contributed by atoms with van der Waals surface area (Å²) >= 11 is 0. The SMILES string of the molecule is CNCC(=O)N(C)CC(=O)N(C)CC(=O)N(C)CC(=O)N(C)CC(=O)N(C)CC(=O)N(C)CC(=O)N(C)CC(=O)N(C)CC(=O)N(C)CC(=O)N(C)CC(=O)N(C)CC(=O)OC. The van der Waals surface area contributed by atoms with Gasteiger partial charge in [0, 0.05) is 77.5 Å². The Hall–Kier alpha value is -6.40. The highest BCUT2D eigenvalue weighted by atomic mass is 16.5. The molecule has 0 saturated heterocycles. The normalized spacial score (nSPS) is 10.3. The number of nitrogens with zero attached hydrogens (tertiary/aromatic N) is 11. The fourth-order valence-corrected chi connectivity index (χ4v) is 4.75. The molecular weight excluding hydrogens is 820 g/mol. The van der Waals surface area contributed by atoms with Crippen LogP contribution in [0.15, 0.2) is 0 Å². The lowest BCUT2D eigenvalue weighted by Crippen LogP contribution is -2.49. The molecule has 11 amide bonds. The second-order valence-corrected chi connectivity index (χ2v) is 14.9. The Bertz CT molecular complexity index is 1680. The van der Waals surface area contributed by atoms with Gasteiger partial charge in [-0.05, 0) is 7.05 Å². The van der Waals surface area contributed by atoms with Crippen molar-refractivity contribution in [3.05, 3.63) is 0 Å². The standard InChI is InChI=1S/C37H64N12O13/c1-38-14-26(50)39(2)15-27(51)40(3)16-28(52)41(4)17-29(53)42(5)18-30(54)43(6)19-31(55)44(7)20-32(56)45(8)21-33(57)46(9)22-34(58)47(10)23-35(59)48(11)24-36(60)49(12)25-37(61)62-13/h38H,14-25H2,1-13H3. The van der Waals surface area contributed by atoms with Crippen LogP contribution in [-0.4, -0.2) is 295 Å². The van der Waals surface area contributed by atoms with E-state index in [1.807, 2.05) is 0 Å². The van der Waals surface area contributed by atoms with Crippen LogP contribution in [0.2, 0.25) is 0 Å². The zero-order valence-corrected chi connectivity index (χ0v) is 38.2. The van der Waals surface area contributed by atoms with Gasteiger partial charge < -0.3 is 64.0 Å². The molecule has 0 aliphatic rings. The maximum absolute atomic E-state index is 12.9. The fourth-order valence-electron chi connectivity index (χ4n) is 4.75. The first-order valence-electron chi connectivity index (χ1n) is 19.0. The van der Waals surface area contributed by atoms with Crippen LogP contribution in [0.25, 0.3) is 0 Å². The van der Waals surface area contributed by atoms with Gasteiger partial charge in [-0.15, -0.1) is 0 Å². The smallest absolute Gasteiger partial charge is 0.325 e. The average Bonchev–Trinajstić information content (AvgIpc) is 3.19. The summed E-state index contributed by atoms with van der Waals surface area (Å²) in [4.78, 5) is 162. The van der Waals surface area contributed by atoms with Crippen LogP contribution >= 0.6 is 0 Å². The Morgan fingerprint density at radius 1 is 0.290 bits per heavy atom. The summed E-state index contributed by atoms with van der Waals surface area (Å²) < 4.78 is 4.51. The Kier molecular flexibility index (Phi) is 24.0. The van der Waals surface area contributed by atoms with Gasteiger partial charge in [-0.2, -0.15) is 0 Å². The van der Waals surface area contributed by atoms with Crippen LogP contribution in [0.5, 0.6) is 0 Å². The van der Waals surface area contributed by atoms with Crippen LogP contribution in [0.4, 0.5) is 0 Å². The van der Waals surface area contributed by atoms with E-state index >= 15 is 0 Å². The number of likely N-dealkylation sites (N-methyl/N-ethyl adjacent to an activating group) is 12. The van der Waals surface area contributed by atoms with E-state index in [9.17, 15) is 57.5 Å². The molecule has 0 spiro atoms. The third-order valence-corrected chi connectivity index (χ3v) is 9.33. The van der Waals surface area contributed by atoms with E-state index in [2.05, 4.69) is 10.1 Å². The molecule has 0 atom stereocenters. The number of hydrogen-bond acceptors (Lipinski definition) is 14. The Labute approximate surface area is 362 Å². The van der Waals surface area contributed by atoms with E-state index in [0.717, 1.165) is 49.0 Å². The summed E-state index contributed by atoms with van der Waals surface area (Å²) in [6.07, 6.45) is 0. The summed E-state index contributed by atoms with van der Waals surface area (Å²) in [7, 11) is 17.6. The van der Waals surface area contributed by atoms with Crippen molar-refractivity contribution in [2.75, 3.05) is 170 Å². The highest BCUT2D eigenvalue weighted by Crippen LogP contribution is 2.01. The minimum atomic E-state index is -0.636. The Morgan fingerprint density at radius 2 is 0.435 bits per heavy atom. The third kappa shape index (κ3) is 19.8. The number of carbonyl (C=O) groups excluding carboxylic acids is 12. The molecule has 0 rings (SSSR count). The van der Waals surface area contributed by atoms with Gasteiger partial charge in [-0.1, -0.05) is 0 Å². The van der Waals surface area contributed by atoms with E-state index in [1.54, 1.807) is 7.05 Å². The second kappa shape index (κ2) is 26.7. The highest BCUT2D eigenvalue weighted by Gasteiger charge is 2.27. The van der Waals surface area contributed by atoms with Crippen molar-refractivity contribution >= 4 is 70.9 Å². The van der Waals surface area contributed by atoms with Crippen molar-refractivity contribution < 1.29 is 62.3 Å². The monoisotopic (exact) mass is 884 g/mol. The molecule has 0 saturated carbocycles. The Morgan fingerprint density at radius 3 is 0.581 bits per heavy atom. The molecule has 1 N–H and O–H groups in total. The van der Waals surface area contributed by atoms with Crippen molar-refractivity contribution in [2.24, 2.45) is 0 Å². The first-order valence-corrected chi connectivity index (χ1v) is 19.0. The molecule has 0 aliphatic heterocycles. The molecule has 0 fully saturated rings. The molecule has 0 aliphatic carbocycles. The van der Waals surface area contributed by atoms with Crippen molar-refractivity contribution in [1.29, 1.82) is 0 Å². The van der Waals surface area contributed by atoms with Gasteiger partial charge in [-0.3, -0.25) is 57.5 Å². The van der Waals surface area contributed by atoms with Gasteiger partial charge in [0.2, 0.25) is 65.0 Å². The van der Waals surface area contributed by atoms with Crippen molar-refractivity contribution in [1.82, 2.24) is 59.2 Å². The number of rotatable bonds is 24. The van der Waals surface area contributed by atoms with E-state index in [4.69, 9.17) is 0 Å². The Balaban J connectivity index is 4.91. The zero-order valence-electron chi connectivity index (χ0n) is 38.2. The molecule has 25 heteroatoms. The quantitative estimate of drug-likeness (QED) is 0.0885. The minimum absolute atomic E-state index is 0.0382. The largest absolute Gasteiger partial charge is 0.468 e. The number of hydrogen-bond donors (Lipinski definition) is 1. The van der Waals surface area contributed by atoms with Crippen LogP contribution in [-0.2, 0) is 62.3 Å². The lowest BCUT2D eigenvalue weighted by atomic mass is 10.3. The lowest BCUT2D eigenvalue weighted by molar-refractivity contribution is -0.148. The average molecular weight is 885 g/mol. The molecule has 0 unspecified atom stereocenters. The summed E-state index contributed by atoms with van der Waals surface area (Å²) in [5, 5.41) is 2.69. The third-order valence-electron chi connectivity index (χ3n) is 9.33. The maximum atomic E-state index is 12.9. The summed E-state index contributed by atoms with van der Waals surface area (Å²) in [5.74, 6) is -6.84. The molecule has 0 radical (unpaired) electrons. The van der Waals surface area contributed by atoms with Gasteiger partial charge in [0.1, 0.15) is 6.54 Å².